The van der Waals surface area contributed by atoms with Crippen LogP contribution in [0.3, 0.4) is 0 Å². The second-order valence-corrected chi connectivity index (χ2v) is 6.45. The Kier molecular flexibility index (Phi) is 12.5. The average Bonchev–Trinajstić information content (AvgIpc) is 2.40. The third-order valence-corrected chi connectivity index (χ3v) is 3.82. The Labute approximate surface area is 148 Å². The fraction of sp³-hybridized carbons (Fsp3) is 0.938. The van der Waals surface area contributed by atoms with Gasteiger partial charge in [-0.2, -0.15) is 0 Å². The summed E-state index contributed by atoms with van der Waals surface area (Å²) in [6, 6.07) is 0. The van der Waals surface area contributed by atoms with Crippen LogP contribution in [0.4, 0.5) is 0 Å². The van der Waals surface area contributed by atoms with Crippen LogP contribution in [0.1, 0.15) is 46.5 Å². The summed E-state index contributed by atoms with van der Waals surface area (Å²) < 4.78 is 0. The third-order valence-electron chi connectivity index (χ3n) is 3.82. The lowest BCUT2D eigenvalue weighted by molar-refractivity contribution is 0.214. The zero-order valence-corrected chi connectivity index (χ0v) is 16.7. The molecule has 126 valence electrons. The molecule has 0 aromatic heterocycles. The number of hydrogen-bond acceptors (Lipinski definition) is 2. The van der Waals surface area contributed by atoms with Crippen LogP contribution in [0.15, 0.2) is 4.99 Å². The molecule has 21 heavy (non-hydrogen) atoms. The summed E-state index contributed by atoms with van der Waals surface area (Å²) in [7, 11) is 2.21. The van der Waals surface area contributed by atoms with Crippen molar-refractivity contribution in [3.05, 3.63) is 0 Å². The van der Waals surface area contributed by atoms with Crippen molar-refractivity contribution in [2.45, 2.75) is 46.5 Å². The fourth-order valence-corrected chi connectivity index (χ4v) is 2.70. The van der Waals surface area contributed by atoms with Gasteiger partial charge in [0.1, 0.15) is 0 Å². The smallest absolute Gasteiger partial charge is 0.191 e. The van der Waals surface area contributed by atoms with Gasteiger partial charge < -0.3 is 15.5 Å². The maximum Gasteiger partial charge on any atom is 0.191 e. The van der Waals surface area contributed by atoms with Crippen molar-refractivity contribution >= 4 is 29.9 Å². The van der Waals surface area contributed by atoms with E-state index < -0.39 is 0 Å². The molecule has 4 nitrogen and oxygen atoms in total. The van der Waals surface area contributed by atoms with Gasteiger partial charge in [0.15, 0.2) is 5.96 Å². The molecular formula is C16H35IN4. The predicted octanol–water partition coefficient (Wildman–Crippen LogP) is 2.94. The maximum absolute atomic E-state index is 4.76. The topological polar surface area (TPSA) is 39.7 Å². The summed E-state index contributed by atoms with van der Waals surface area (Å²) in [6.45, 7) is 12.0. The first-order chi connectivity index (χ1) is 9.61. The van der Waals surface area contributed by atoms with Crippen LogP contribution >= 0.6 is 24.0 Å². The lowest BCUT2D eigenvalue weighted by atomic mass is 9.99. The number of rotatable bonds is 7. The highest BCUT2D eigenvalue weighted by Crippen LogP contribution is 2.14. The number of nitrogens with one attached hydrogen (secondary N) is 2. The molecule has 0 bridgehead atoms. The molecule has 0 aliphatic carbocycles. The zero-order valence-electron chi connectivity index (χ0n) is 14.3. The average molecular weight is 410 g/mol. The molecular weight excluding hydrogens is 375 g/mol. The summed E-state index contributed by atoms with van der Waals surface area (Å²) in [6.07, 6.45) is 5.13. The predicted molar refractivity (Wildman–Crippen MR) is 104 cm³/mol. The molecule has 1 aliphatic rings. The van der Waals surface area contributed by atoms with Crippen molar-refractivity contribution in [3.63, 3.8) is 0 Å². The molecule has 0 aromatic carbocycles. The van der Waals surface area contributed by atoms with Gasteiger partial charge in [0.2, 0.25) is 0 Å². The minimum absolute atomic E-state index is 0. The van der Waals surface area contributed by atoms with Gasteiger partial charge in [0, 0.05) is 26.2 Å². The van der Waals surface area contributed by atoms with Crippen molar-refractivity contribution in [2.75, 3.05) is 39.8 Å². The van der Waals surface area contributed by atoms with E-state index in [1.165, 1.54) is 38.8 Å². The largest absolute Gasteiger partial charge is 0.357 e. The van der Waals surface area contributed by atoms with Crippen molar-refractivity contribution in [1.29, 1.82) is 0 Å². The minimum Gasteiger partial charge on any atom is -0.357 e. The molecule has 1 rings (SSSR count). The monoisotopic (exact) mass is 410 g/mol. The van der Waals surface area contributed by atoms with E-state index in [-0.39, 0.29) is 24.0 Å². The molecule has 1 aliphatic heterocycles. The van der Waals surface area contributed by atoms with Crippen molar-refractivity contribution in [2.24, 2.45) is 16.8 Å². The molecule has 0 spiro atoms. The van der Waals surface area contributed by atoms with E-state index in [0.717, 1.165) is 37.4 Å². The Balaban J connectivity index is 0.00000400. The lowest BCUT2D eigenvalue weighted by Crippen LogP contribution is -2.39. The molecule has 0 saturated carbocycles. The van der Waals surface area contributed by atoms with Crippen LogP contribution in [-0.2, 0) is 0 Å². The molecule has 0 aromatic rings. The van der Waals surface area contributed by atoms with Crippen LogP contribution in [0.5, 0.6) is 0 Å². The van der Waals surface area contributed by atoms with E-state index in [2.05, 4.69) is 43.4 Å². The number of guanidine groups is 1. The first-order valence-electron chi connectivity index (χ1n) is 8.32. The molecule has 1 unspecified atom stereocenters. The second kappa shape index (κ2) is 12.5. The minimum atomic E-state index is 0. The first-order valence-corrected chi connectivity index (χ1v) is 8.32. The molecule has 5 heteroatoms. The highest BCUT2D eigenvalue weighted by atomic mass is 127. The second-order valence-electron chi connectivity index (χ2n) is 6.45. The molecule has 1 heterocycles. The van der Waals surface area contributed by atoms with Gasteiger partial charge in [-0.05, 0) is 58.0 Å². The molecule has 0 amide bonds. The summed E-state index contributed by atoms with van der Waals surface area (Å²) in [5, 5.41) is 6.80. The van der Waals surface area contributed by atoms with E-state index in [1.807, 2.05) is 0 Å². The number of likely N-dealkylation sites (tertiary alicyclic amines) is 1. The molecule has 1 atom stereocenters. The number of nitrogens with zero attached hydrogens (tertiary/aromatic N) is 2. The van der Waals surface area contributed by atoms with Crippen LogP contribution in [0.2, 0.25) is 0 Å². The summed E-state index contributed by atoms with van der Waals surface area (Å²) in [5.41, 5.74) is 0. The quantitative estimate of drug-likeness (QED) is 0.294. The highest BCUT2D eigenvalue weighted by Gasteiger charge is 2.16. The van der Waals surface area contributed by atoms with Gasteiger partial charge in [0.25, 0.3) is 0 Å². The molecule has 2 N–H and O–H groups in total. The standard InChI is InChI=1S/C16H34N4.HI/c1-5-17-16(18-10-6-8-14(2)3)19-12-15-9-7-11-20(4)13-15;/h14-15H,5-13H2,1-4H3,(H2,17,18,19);1H. The normalized spacial score (nSPS) is 20.2. The van der Waals surface area contributed by atoms with Crippen molar-refractivity contribution in [1.82, 2.24) is 15.5 Å². The van der Waals surface area contributed by atoms with Gasteiger partial charge in [-0.3, -0.25) is 4.99 Å². The van der Waals surface area contributed by atoms with E-state index in [4.69, 9.17) is 4.99 Å². The Bertz CT molecular complexity index is 281. The number of piperidine rings is 1. The van der Waals surface area contributed by atoms with E-state index in [9.17, 15) is 0 Å². The summed E-state index contributed by atoms with van der Waals surface area (Å²) >= 11 is 0. The Morgan fingerprint density at radius 2 is 2.10 bits per heavy atom. The number of halogens is 1. The van der Waals surface area contributed by atoms with Crippen molar-refractivity contribution < 1.29 is 0 Å². The van der Waals surface area contributed by atoms with Gasteiger partial charge >= 0.3 is 0 Å². The van der Waals surface area contributed by atoms with Crippen LogP contribution < -0.4 is 10.6 Å². The summed E-state index contributed by atoms with van der Waals surface area (Å²) in [4.78, 5) is 7.18. The van der Waals surface area contributed by atoms with Crippen LogP contribution in [0.25, 0.3) is 0 Å². The van der Waals surface area contributed by atoms with E-state index in [0.29, 0.717) is 0 Å². The van der Waals surface area contributed by atoms with E-state index >= 15 is 0 Å². The first kappa shape index (κ1) is 21.0. The number of hydrogen-bond donors (Lipinski definition) is 2. The van der Waals surface area contributed by atoms with Gasteiger partial charge in [-0.15, -0.1) is 24.0 Å². The molecule has 1 fully saturated rings. The highest BCUT2D eigenvalue weighted by molar-refractivity contribution is 14.0. The Hall–Kier alpha value is -0.0400. The molecule has 0 radical (unpaired) electrons. The number of aliphatic imine (C=N–C) groups is 1. The summed E-state index contributed by atoms with van der Waals surface area (Å²) in [5.74, 6) is 2.50. The zero-order chi connectivity index (χ0) is 14.8. The maximum atomic E-state index is 4.76. The van der Waals surface area contributed by atoms with Gasteiger partial charge in [0.05, 0.1) is 0 Å². The van der Waals surface area contributed by atoms with Crippen LogP contribution in [-0.4, -0.2) is 50.6 Å². The van der Waals surface area contributed by atoms with Crippen molar-refractivity contribution in [3.8, 4) is 0 Å². The SMILES string of the molecule is CCNC(=NCC1CCCN(C)C1)NCCCC(C)C.I. The Morgan fingerprint density at radius 3 is 2.71 bits per heavy atom. The van der Waals surface area contributed by atoms with Crippen LogP contribution in [0, 0.1) is 11.8 Å². The van der Waals surface area contributed by atoms with E-state index in [1.54, 1.807) is 0 Å². The fourth-order valence-electron chi connectivity index (χ4n) is 2.70. The van der Waals surface area contributed by atoms with Gasteiger partial charge in [-0.25, -0.2) is 0 Å². The lowest BCUT2D eigenvalue weighted by Gasteiger charge is -2.28. The Morgan fingerprint density at radius 1 is 1.33 bits per heavy atom. The molecule has 1 saturated heterocycles. The third kappa shape index (κ3) is 10.3. The van der Waals surface area contributed by atoms with Gasteiger partial charge in [-0.1, -0.05) is 13.8 Å².